The Morgan fingerprint density at radius 2 is 2.00 bits per heavy atom. The number of hydrogen-bond acceptors (Lipinski definition) is 3. The van der Waals surface area contributed by atoms with Gasteiger partial charge in [-0.25, -0.2) is 4.79 Å². The fraction of sp³-hybridized carbons (Fsp3) is 0.889. The van der Waals surface area contributed by atoms with E-state index in [0.29, 0.717) is 0 Å². The molecule has 1 atom stereocenters. The van der Waals surface area contributed by atoms with Gasteiger partial charge in [0.05, 0.1) is 6.10 Å². The second-order valence-electron chi connectivity index (χ2n) is 4.21. The molecule has 0 radical (unpaired) electrons. The van der Waals surface area contributed by atoms with Gasteiger partial charge in [0, 0.05) is 13.6 Å². The van der Waals surface area contributed by atoms with E-state index in [1.807, 2.05) is 0 Å². The average molecular weight is 189 g/mol. The van der Waals surface area contributed by atoms with Crippen molar-refractivity contribution in [2.75, 3.05) is 13.6 Å². The zero-order chi connectivity index (χ0) is 10.6. The van der Waals surface area contributed by atoms with Gasteiger partial charge in [-0.2, -0.15) is 0 Å². The summed E-state index contributed by atoms with van der Waals surface area (Å²) in [5.41, 5.74) is -0.482. The fourth-order valence-electron chi connectivity index (χ4n) is 0.811. The molecule has 1 amide bonds. The maximum Gasteiger partial charge on any atom is 0.410 e. The number of ether oxygens (including phenoxy) is 1. The molecule has 78 valence electrons. The highest BCUT2D eigenvalue weighted by atomic mass is 16.6. The highest BCUT2D eigenvalue weighted by Crippen LogP contribution is 2.08. The van der Waals surface area contributed by atoms with Crippen LogP contribution in [0, 0.1) is 0 Å². The van der Waals surface area contributed by atoms with E-state index in [-0.39, 0.29) is 6.54 Å². The number of carbonyl (C=O) groups excluding carboxylic acids is 1. The Morgan fingerprint density at radius 3 is 2.31 bits per heavy atom. The first-order valence-electron chi connectivity index (χ1n) is 4.34. The van der Waals surface area contributed by atoms with Crippen molar-refractivity contribution < 1.29 is 14.6 Å². The summed E-state index contributed by atoms with van der Waals surface area (Å²) in [6, 6.07) is 0. The lowest BCUT2D eigenvalue weighted by Crippen LogP contribution is -2.37. The van der Waals surface area contributed by atoms with Gasteiger partial charge in [-0.3, -0.25) is 0 Å². The first kappa shape index (κ1) is 12.2. The largest absolute Gasteiger partial charge is 0.444 e. The lowest BCUT2D eigenvalue weighted by atomic mass is 10.2. The summed E-state index contributed by atoms with van der Waals surface area (Å²) in [7, 11) is 1.60. The summed E-state index contributed by atoms with van der Waals surface area (Å²) in [6.45, 7) is 7.33. The van der Waals surface area contributed by atoms with Crippen LogP contribution in [0.25, 0.3) is 0 Å². The highest BCUT2D eigenvalue weighted by Gasteiger charge is 2.19. The standard InChI is InChI=1S/C9H19NO3/c1-7(11)6-10(5)8(12)13-9(2,3)4/h7,11H,6H2,1-5H3/t7-/m0/s1. The van der Waals surface area contributed by atoms with E-state index in [0.717, 1.165) is 0 Å². The molecule has 0 heterocycles. The molecular weight excluding hydrogens is 170 g/mol. The third-order valence-corrected chi connectivity index (χ3v) is 1.24. The summed E-state index contributed by atoms with van der Waals surface area (Å²) in [5.74, 6) is 0. The molecule has 0 rings (SSSR count). The van der Waals surface area contributed by atoms with E-state index >= 15 is 0 Å². The Bertz CT molecular complexity index is 172. The zero-order valence-electron chi connectivity index (χ0n) is 9.00. The maximum absolute atomic E-state index is 11.3. The van der Waals surface area contributed by atoms with Crippen LogP contribution < -0.4 is 0 Å². The van der Waals surface area contributed by atoms with E-state index in [9.17, 15) is 4.79 Å². The predicted octanol–water partition coefficient (Wildman–Crippen LogP) is 1.23. The van der Waals surface area contributed by atoms with Crippen molar-refractivity contribution in [2.24, 2.45) is 0 Å². The molecule has 0 saturated heterocycles. The predicted molar refractivity (Wildman–Crippen MR) is 50.5 cm³/mol. The SMILES string of the molecule is C[C@H](O)CN(C)C(=O)OC(C)(C)C. The van der Waals surface area contributed by atoms with Crippen LogP contribution in [0.5, 0.6) is 0 Å². The zero-order valence-corrected chi connectivity index (χ0v) is 9.00. The molecule has 0 unspecified atom stereocenters. The smallest absolute Gasteiger partial charge is 0.410 e. The van der Waals surface area contributed by atoms with Crippen molar-refractivity contribution >= 4 is 6.09 Å². The van der Waals surface area contributed by atoms with Gasteiger partial charge in [0.2, 0.25) is 0 Å². The second kappa shape index (κ2) is 4.46. The number of carbonyl (C=O) groups is 1. The Hall–Kier alpha value is -0.770. The van der Waals surface area contributed by atoms with Crippen LogP contribution in [0.3, 0.4) is 0 Å². The van der Waals surface area contributed by atoms with Crippen LogP contribution in [-0.4, -0.2) is 41.4 Å². The molecule has 13 heavy (non-hydrogen) atoms. The molecule has 0 bridgehead atoms. The fourth-order valence-corrected chi connectivity index (χ4v) is 0.811. The number of aliphatic hydroxyl groups excluding tert-OH is 1. The maximum atomic E-state index is 11.3. The van der Waals surface area contributed by atoms with Gasteiger partial charge in [0.1, 0.15) is 5.60 Å². The summed E-state index contributed by atoms with van der Waals surface area (Å²) in [4.78, 5) is 12.6. The molecule has 0 aliphatic rings. The number of aliphatic hydroxyl groups is 1. The summed E-state index contributed by atoms with van der Waals surface area (Å²) >= 11 is 0. The van der Waals surface area contributed by atoms with Crippen LogP contribution in [-0.2, 0) is 4.74 Å². The molecule has 0 aliphatic carbocycles. The molecular formula is C9H19NO3. The van der Waals surface area contributed by atoms with Gasteiger partial charge in [0.15, 0.2) is 0 Å². The van der Waals surface area contributed by atoms with Crippen LogP contribution >= 0.6 is 0 Å². The molecule has 0 aromatic rings. The van der Waals surface area contributed by atoms with Crippen molar-refractivity contribution in [2.45, 2.75) is 39.4 Å². The van der Waals surface area contributed by atoms with E-state index in [4.69, 9.17) is 9.84 Å². The molecule has 4 heteroatoms. The van der Waals surface area contributed by atoms with E-state index in [2.05, 4.69) is 0 Å². The van der Waals surface area contributed by atoms with Gasteiger partial charge in [-0.05, 0) is 27.7 Å². The van der Waals surface area contributed by atoms with E-state index < -0.39 is 17.8 Å². The van der Waals surface area contributed by atoms with Crippen molar-refractivity contribution in [3.8, 4) is 0 Å². The van der Waals surface area contributed by atoms with E-state index in [1.165, 1.54) is 4.90 Å². The van der Waals surface area contributed by atoms with Crippen molar-refractivity contribution in [3.05, 3.63) is 0 Å². The monoisotopic (exact) mass is 189 g/mol. The Labute approximate surface area is 79.5 Å². The van der Waals surface area contributed by atoms with Gasteiger partial charge < -0.3 is 14.7 Å². The van der Waals surface area contributed by atoms with Crippen molar-refractivity contribution in [1.29, 1.82) is 0 Å². The molecule has 4 nitrogen and oxygen atoms in total. The van der Waals surface area contributed by atoms with Crippen molar-refractivity contribution in [3.63, 3.8) is 0 Å². The summed E-state index contributed by atoms with van der Waals surface area (Å²) < 4.78 is 5.08. The Kier molecular flexibility index (Phi) is 4.20. The number of amides is 1. The quantitative estimate of drug-likeness (QED) is 0.711. The molecule has 0 aliphatic heterocycles. The van der Waals surface area contributed by atoms with Crippen LogP contribution in [0.2, 0.25) is 0 Å². The van der Waals surface area contributed by atoms with Crippen LogP contribution in [0.15, 0.2) is 0 Å². The topological polar surface area (TPSA) is 49.8 Å². The molecule has 0 aromatic carbocycles. The average Bonchev–Trinajstić information content (AvgIpc) is 1.81. The first-order chi connectivity index (χ1) is 5.72. The first-order valence-corrected chi connectivity index (χ1v) is 4.34. The number of nitrogens with zero attached hydrogens (tertiary/aromatic N) is 1. The molecule has 0 saturated carbocycles. The summed E-state index contributed by atoms with van der Waals surface area (Å²) in [5, 5.41) is 9.02. The normalized spacial score (nSPS) is 13.7. The Balaban J connectivity index is 3.97. The van der Waals surface area contributed by atoms with Gasteiger partial charge in [-0.1, -0.05) is 0 Å². The van der Waals surface area contributed by atoms with E-state index in [1.54, 1.807) is 34.7 Å². The minimum Gasteiger partial charge on any atom is -0.444 e. The number of rotatable bonds is 2. The van der Waals surface area contributed by atoms with Gasteiger partial charge in [0.25, 0.3) is 0 Å². The third kappa shape index (κ3) is 6.40. The third-order valence-electron chi connectivity index (χ3n) is 1.24. The highest BCUT2D eigenvalue weighted by molar-refractivity contribution is 5.67. The van der Waals surface area contributed by atoms with Gasteiger partial charge in [-0.15, -0.1) is 0 Å². The molecule has 0 aromatic heterocycles. The van der Waals surface area contributed by atoms with Gasteiger partial charge >= 0.3 is 6.09 Å². The Morgan fingerprint density at radius 1 is 1.54 bits per heavy atom. The van der Waals surface area contributed by atoms with Crippen molar-refractivity contribution in [1.82, 2.24) is 4.90 Å². The second-order valence-corrected chi connectivity index (χ2v) is 4.21. The van der Waals surface area contributed by atoms with Crippen LogP contribution in [0.1, 0.15) is 27.7 Å². The number of likely N-dealkylation sites (N-methyl/N-ethyl adjacent to an activating group) is 1. The molecule has 0 spiro atoms. The van der Waals surface area contributed by atoms with Crippen LogP contribution in [0.4, 0.5) is 4.79 Å². The lowest BCUT2D eigenvalue weighted by molar-refractivity contribution is 0.0221. The molecule has 1 N–H and O–H groups in total. The molecule has 0 fully saturated rings. The minimum absolute atomic E-state index is 0.287. The summed E-state index contributed by atoms with van der Waals surface area (Å²) in [6.07, 6.45) is -0.939. The number of hydrogen-bond donors (Lipinski definition) is 1. The lowest BCUT2D eigenvalue weighted by Gasteiger charge is -2.25. The minimum atomic E-state index is -0.530.